The van der Waals surface area contributed by atoms with Gasteiger partial charge in [0.25, 0.3) is 0 Å². The Morgan fingerprint density at radius 1 is 1.07 bits per heavy atom. The molecule has 86 valence electrons. The van der Waals surface area contributed by atoms with Crippen molar-refractivity contribution >= 4 is 5.91 Å². The van der Waals surface area contributed by atoms with E-state index in [-0.39, 0.29) is 0 Å². The Kier molecular flexibility index (Phi) is 2.78. The number of rotatable bonds is 1. The van der Waals surface area contributed by atoms with Gasteiger partial charge < -0.3 is 4.90 Å². The predicted octanol–water partition coefficient (Wildman–Crippen LogP) is 2.68. The summed E-state index contributed by atoms with van der Waals surface area (Å²) in [6.45, 7) is 8.94. The maximum absolute atomic E-state index is 11.8. The molecule has 2 nitrogen and oxygen atoms in total. The van der Waals surface area contributed by atoms with Gasteiger partial charge in [0.2, 0.25) is 5.91 Å². The van der Waals surface area contributed by atoms with Gasteiger partial charge in [0.1, 0.15) is 0 Å². The molecule has 1 aliphatic heterocycles. The van der Waals surface area contributed by atoms with E-state index in [9.17, 15) is 4.79 Å². The smallest absolute Gasteiger partial charge is 0.225 e. The van der Waals surface area contributed by atoms with Gasteiger partial charge in [-0.25, -0.2) is 0 Å². The van der Waals surface area contributed by atoms with Crippen molar-refractivity contribution in [3.8, 4) is 0 Å². The van der Waals surface area contributed by atoms with Crippen molar-refractivity contribution < 1.29 is 4.79 Å². The maximum atomic E-state index is 11.8. The van der Waals surface area contributed by atoms with Crippen LogP contribution < -0.4 is 0 Å². The van der Waals surface area contributed by atoms with E-state index in [1.165, 1.54) is 12.8 Å². The largest absolute Gasteiger partial charge is 0.342 e. The van der Waals surface area contributed by atoms with Crippen LogP contribution in [0.25, 0.3) is 0 Å². The molecule has 2 fully saturated rings. The summed E-state index contributed by atoms with van der Waals surface area (Å²) in [4.78, 5) is 13.9. The molecule has 1 saturated carbocycles. The molecule has 1 heterocycles. The zero-order chi connectivity index (χ0) is 11.1. The lowest BCUT2D eigenvalue weighted by molar-refractivity contribution is -0.134. The molecule has 1 aliphatic carbocycles. The fourth-order valence-electron chi connectivity index (χ4n) is 2.55. The molecule has 1 saturated heterocycles. The monoisotopic (exact) mass is 209 g/mol. The molecule has 0 unspecified atom stereocenters. The zero-order valence-corrected chi connectivity index (χ0v) is 10.3. The fraction of sp³-hybridized carbons (Fsp3) is 0.923. The van der Waals surface area contributed by atoms with Crippen LogP contribution in [0.2, 0.25) is 0 Å². The van der Waals surface area contributed by atoms with Crippen molar-refractivity contribution in [2.45, 2.75) is 46.5 Å². The highest BCUT2D eigenvalue weighted by Crippen LogP contribution is 2.36. The first kappa shape index (κ1) is 11.0. The molecule has 0 aromatic rings. The third-order valence-corrected chi connectivity index (χ3v) is 3.96. The lowest BCUT2D eigenvalue weighted by Gasteiger charge is -2.38. The lowest BCUT2D eigenvalue weighted by atomic mass is 9.75. The van der Waals surface area contributed by atoms with E-state index in [4.69, 9.17) is 0 Å². The van der Waals surface area contributed by atoms with Crippen LogP contribution in [0, 0.1) is 17.3 Å². The Morgan fingerprint density at radius 3 is 2.00 bits per heavy atom. The van der Waals surface area contributed by atoms with Gasteiger partial charge in [0.05, 0.1) is 0 Å². The normalized spacial score (nSPS) is 24.3. The van der Waals surface area contributed by atoms with Crippen LogP contribution in [0.3, 0.4) is 0 Å². The molecular weight excluding hydrogens is 186 g/mol. The Morgan fingerprint density at radius 2 is 1.60 bits per heavy atom. The molecule has 0 atom stereocenters. The van der Waals surface area contributed by atoms with Crippen molar-refractivity contribution in [1.82, 2.24) is 4.90 Å². The van der Waals surface area contributed by atoms with Gasteiger partial charge in [-0.2, -0.15) is 0 Å². The molecule has 0 aromatic carbocycles. The Labute approximate surface area is 93.0 Å². The summed E-state index contributed by atoms with van der Waals surface area (Å²) in [6.07, 6.45) is 4.67. The molecule has 1 amide bonds. The van der Waals surface area contributed by atoms with Crippen LogP contribution >= 0.6 is 0 Å². The molecule has 0 bridgehead atoms. The number of carbonyl (C=O) groups is 1. The van der Waals surface area contributed by atoms with E-state index in [0.29, 0.717) is 17.2 Å². The average molecular weight is 209 g/mol. The average Bonchev–Trinajstić information content (AvgIpc) is 2.99. The van der Waals surface area contributed by atoms with Gasteiger partial charge in [-0.05, 0) is 37.0 Å². The van der Waals surface area contributed by atoms with Gasteiger partial charge in [-0.1, -0.05) is 20.8 Å². The van der Waals surface area contributed by atoms with Gasteiger partial charge in [0.15, 0.2) is 0 Å². The van der Waals surface area contributed by atoms with Crippen molar-refractivity contribution in [3.05, 3.63) is 0 Å². The van der Waals surface area contributed by atoms with Crippen LogP contribution in [0.15, 0.2) is 0 Å². The minimum atomic E-state index is 0.399. The van der Waals surface area contributed by atoms with E-state index in [0.717, 1.165) is 31.8 Å². The molecule has 0 radical (unpaired) electrons. The molecule has 15 heavy (non-hydrogen) atoms. The first-order valence-electron chi connectivity index (χ1n) is 6.27. The number of hydrogen-bond acceptors (Lipinski definition) is 1. The van der Waals surface area contributed by atoms with Crippen LogP contribution in [-0.2, 0) is 4.79 Å². The summed E-state index contributed by atoms with van der Waals surface area (Å²) in [5.74, 6) is 1.62. The molecule has 0 spiro atoms. The molecule has 0 aromatic heterocycles. The van der Waals surface area contributed by atoms with Crippen LogP contribution in [-0.4, -0.2) is 23.9 Å². The van der Waals surface area contributed by atoms with Gasteiger partial charge in [-0.15, -0.1) is 0 Å². The van der Waals surface area contributed by atoms with Crippen molar-refractivity contribution in [1.29, 1.82) is 0 Å². The molecule has 2 aliphatic rings. The topological polar surface area (TPSA) is 20.3 Å². The van der Waals surface area contributed by atoms with Crippen molar-refractivity contribution in [2.24, 2.45) is 17.3 Å². The number of amides is 1. The van der Waals surface area contributed by atoms with Gasteiger partial charge >= 0.3 is 0 Å². The third kappa shape index (κ3) is 2.53. The second-order valence-corrected chi connectivity index (χ2v) is 6.24. The molecule has 2 rings (SSSR count). The minimum Gasteiger partial charge on any atom is -0.342 e. The summed E-state index contributed by atoms with van der Waals surface area (Å²) in [7, 11) is 0. The predicted molar refractivity (Wildman–Crippen MR) is 61.5 cm³/mol. The van der Waals surface area contributed by atoms with E-state index < -0.39 is 0 Å². The van der Waals surface area contributed by atoms with Crippen LogP contribution in [0.1, 0.15) is 46.5 Å². The second-order valence-electron chi connectivity index (χ2n) is 6.24. The SMILES string of the molecule is CC(C)(C)C1CCN(C(=O)C2CC2)CC1. The summed E-state index contributed by atoms with van der Waals surface area (Å²) in [5, 5.41) is 0. The number of likely N-dealkylation sites (tertiary alicyclic amines) is 1. The zero-order valence-electron chi connectivity index (χ0n) is 10.3. The van der Waals surface area contributed by atoms with Crippen LogP contribution in [0.5, 0.6) is 0 Å². The standard InChI is InChI=1S/C13H23NO/c1-13(2,3)11-6-8-14(9-7-11)12(15)10-4-5-10/h10-11H,4-9H2,1-3H3. The first-order chi connectivity index (χ1) is 6.98. The highest BCUT2D eigenvalue weighted by molar-refractivity contribution is 5.81. The fourth-order valence-corrected chi connectivity index (χ4v) is 2.55. The highest BCUT2D eigenvalue weighted by Gasteiger charge is 2.36. The molecule has 2 heteroatoms. The summed E-state index contributed by atoms with van der Waals surface area (Å²) < 4.78 is 0. The van der Waals surface area contributed by atoms with Crippen molar-refractivity contribution in [3.63, 3.8) is 0 Å². The van der Waals surface area contributed by atoms with E-state index >= 15 is 0 Å². The first-order valence-corrected chi connectivity index (χ1v) is 6.27. The van der Waals surface area contributed by atoms with E-state index in [2.05, 4.69) is 25.7 Å². The highest BCUT2D eigenvalue weighted by atomic mass is 16.2. The van der Waals surface area contributed by atoms with E-state index in [1.807, 2.05) is 0 Å². The van der Waals surface area contributed by atoms with Gasteiger partial charge in [-0.3, -0.25) is 4.79 Å². The van der Waals surface area contributed by atoms with Crippen LogP contribution in [0.4, 0.5) is 0 Å². The number of piperidine rings is 1. The Bertz CT molecular complexity index is 242. The van der Waals surface area contributed by atoms with E-state index in [1.54, 1.807) is 0 Å². The molecular formula is C13H23NO. The number of hydrogen-bond donors (Lipinski definition) is 0. The van der Waals surface area contributed by atoms with Crippen molar-refractivity contribution in [2.75, 3.05) is 13.1 Å². The summed E-state index contributed by atoms with van der Waals surface area (Å²) >= 11 is 0. The quantitative estimate of drug-likeness (QED) is 0.650. The minimum absolute atomic E-state index is 0.399. The Hall–Kier alpha value is -0.530. The summed E-state index contributed by atoms with van der Waals surface area (Å²) in [6, 6.07) is 0. The Balaban J connectivity index is 1.83. The molecule has 0 N–H and O–H groups in total. The lowest BCUT2D eigenvalue weighted by Crippen LogP contribution is -2.42. The maximum Gasteiger partial charge on any atom is 0.225 e. The second kappa shape index (κ2) is 3.80. The number of nitrogens with zero attached hydrogens (tertiary/aromatic N) is 1. The van der Waals surface area contributed by atoms with Gasteiger partial charge in [0, 0.05) is 19.0 Å². The third-order valence-electron chi connectivity index (χ3n) is 3.96. The summed E-state index contributed by atoms with van der Waals surface area (Å²) in [5.41, 5.74) is 0.411. The number of carbonyl (C=O) groups excluding carboxylic acids is 1.